The zero-order valence-corrected chi connectivity index (χ0v) is 21.0. The number of allylic oxidation sites excluding steroid dienone is 1. The van der Waals surface area contributed by atoms with Crippen molar-refractivity contribution in [3.05, 3.63) is 108 Å². The Hall–Kier alpha value is -3.63. The van der Waals surface area contributed by atoms with E-state index in [1.165, 1.54) is 31.2 Å². The Balaban J connectivity index is 1.94. The van der Waals surface area contributed by atoms with E-state index in [4.69, 9.17) is 21.1 Å². The summed E-state index contributed by atoms with van der Waals surface area (Å²) < 4.78 is 54.0. The monoisotopic (exact) mass is 548 g/mol. The summed E-state index contributed by atoms with van der Waals surface area (Å²) in [6.45, 7) is 5.23. The largest absolute Gasteiger partial charge is 0.490 e. The van der Waals surface area contributed by atoms with Crippen molar-refractivity contribution < 1.29 is 27.4 Å². The van der Waals surface area contributed by atoms with Crippen LogP contribution in [0.5, 0.6) is 5.75 Å². The fourth-order valence-corrected chi connectivity index (χ4v) is 4.89. The van der Waals surface area contributed by atoms with E-state index in [-0.39, 0.29) is 21.5 Å². The van der Waals surface area contributed by atoms with Gasteiger partial charge in [0.15, 0.2) is 10.5 Å². The van der Waals surface area contributed by atoms with Crippen LogP contribution in [-0.2, 0) is 9.53 Å². The van der Waals surface area contributed by atoms with Crippen LogP contribution in [0.3, 0.4) is 0 Å². The van der Waals surface area contributed by atoms with Gasteiger partial charge in [0.2, 0.25) is 0 Å². The zero-order valence-electron chi connectivity index (χ0n) is 19.4. The van der Waals surface area contributed by atoms with Crippen molar-refractivity contribution in [1.82, 2.24) is 4.57 Å². The fourth-order valence-electron chi connectivity index (χ4n) is 3.77. The van der Waals surface area contributed by atoms with E-state index in [0.717, 1.165) is 15.9 Å². The van der Waals surface area contributed by atoms with E-state index in [9.17, 15) is 22.8 Å². The summed E-state index contributed by atoms with van der Waals surface area (Å²) in [6, 6.07) is 11.3. The van der Waals surface area contributed by atoms with Gasteiger partial charge in [0, 0.05) is 5.02 Å². The van der Waals surface area contributed by atoms with Crippen LogP contribution in [0.1, 0.15) is 24.1 Å². The Morgan fingerprint density at radius 2 is 1.86 bits per heavy atom. The van der Waals surface area contributed by atoms with E-state index >= 15 is 0 Å². The lowest BCUT2D eigenvalue weighted by Crippen LogP contribution is -2.41. The van der Waals surface area contributed by atoms with Crippen LogP contribution in [0.4, 0.5) is 13.2 Å². The minimum atomic E-state index is -4.97. The third-order valence-electron chi connectivity index (χ3n) is 5.33. The molecule has 1 aliphatic rings. The van der Waals surface area contributed by atoms with Crippen molar-refractivity contribution in [2.45, 2.75) is 19.1 Å². The molecule has 6 nitrogen and oxygen atoms in total. The second kappa shape index (κ2) is 10.8. The standard InChI is InChI=1S/C26H20ClF3N2O4S/c1-3-13-36-18-11-5-15(6-12-18)14-19-23(33)32-21(16-7-9-17(27)10-8-16)20(24(34)35-4-2)22(26(28,29)30)31-25(32)37-19/h3,5-12,14,21H,1,4,13H2,2H3/b19-14-/t21-/m0/s1. The van der Waals surface area contributed by atoms with Crippen LogP contribution < -0.4 is 19.6 Å². The number of hydrogen-bond donors (Lipinski definition) is 0. The smallest absolute Gasteiger partial charge is 0.434 e. The summed E-state index contributed by atoms with van der Waals surface area (Å²) in [5.41, 5.74) is -1.89. The molecular weight excluding hydrogens is 529 g/mol. The molecule has 0 amide bonds. The fraction of sp³-hybridized carbons (Fsp3) is 0.192. The maximum atomic E-state index is 14.1. The second-order valence-electron chi connectivity index (χ2n) is 7.78. The number of halogens is 4. The van der Waals surface area contributed by atoms with Gasteiger partial charge < -0.3 is 9.47 Å². The van der Waals surface area contributed by atoms with Crippen LogP contribution in [0, 0.1) is 0 Å². The van der Waals surface area contributed by atoms with Crippen molar-refractivity contribution in [3.8, 4) is 5.75 Å². The number of thiazole rings is 1. The van der Waals surface area contributed by atoms with Gasteiger partial charge in [0.05, 0.1) is 22.8 Å². The molecule has 0 unspecified atom stereocenters. The van der Waals surface area contributed by atoms with Gasteiger partial charge >= 0.3 is 12.1 Å². The van der Waals surface area contributed by atoms with Gasteiger partial charge in [-0.05, 0) is 48.4 Å². The average Bonchev–Trinajstić information content (AvgIpc) is 3.17. The molecule has 1 aliphatic heterocycles. The summed E-state index contributed by atoms with van der Waals surface area (Å²) in [5, 5.41) is 0.342. The van der Waals surface area contributed by atoms with E-state index < -0.39 is 35.0 Å². The first kappa shape index (κ1) is 26.4. The number of carbonyl (C=O) groups is 1. The number of alkyl halides is 3. The highest BCUT2D eigenvalue weighted by Gasteiger charge is 2.45. The molecule has 11 heteroatoms. The number of benzene rings is 2. The normalized spacial score (nSPS) is 15.7. The molecule has 0 radical (unpaired) electrons. The maximum absolute atomic E-state index is 14.1. The summed E-state index contributed by atoms with van der Waals surface area (Å²) >= 11 is 6.77. The lowest BCUT2D eigenvalue weighted by Gasteiger charge is -2.26. The van der Waals surface area contributed by atoms with Gasteiger partial charge in [0.25, 0.3) is 5.56 Å². The molecule has 0 N–H and O–H groups in total. The SMILES string of the molecule is C=CCOc1ccc(/C=c2\sc3n(c2=O)[C@@H](c2ccc(Cl)cc2)C(C(=O)OCC)=C(C(F)(F)F)N=3)cc1. The van der Waals surface area contributed by atoms with Crippen LogP contribution >= 0.6 is 22.9 Å². The van der Waals surface area contributed by atoms with Gasteiger partial charge in [-0.1, -0.05) is 59.9 Å². The van der Waals surface area contributed by atoms with Crippen molar-refractivity contribution >= 4 is 35.0 Å². The predicted molar refractivity (Wildman–Crippen MR) is 134 cm³/mol. The first-order valence-electron chi connectivity index (χ1n) is 11.0. The molecule has 0 saturated carbocycles. The molecule has 3 aromatic rings. The number of carbonyl (C=O) groups excluding carboxylic acids is 1. The molecule has 0 bridgehead atoms. The molecule has 1 aromatic heterocycles. The van der Waals surface area contributed by atoms with E-state index in [1.807, 2.05) is 0 Å². The Morgan fingerprint density at radius 3 is 2.46 bits per heavy atom. The summed E-state index contributed by atoms with van der Waals surface area (Å²) in [7, 11) is 0. The third kappa shape index (κ3) is 5.55. The van der Waals surface area contributed by atoms with Crippen molar-refractivity contribution in [2.24, 2.45) is 4.99 Å². The van der Waals surface area contributed by atoms with Gasteiger partial charge in [0.1, 0.15) is 12.4 Å². The summed E-state index contributed by atoms with van der Waals surface area (Å²) in [5.74, 6) is -0.613. The van der Waals surface area contributed by atoms with E-state index in [0.29, 0.717) is 22.9 Å². The Kier molecular flexibility index (Phi) is 7.70. The number of nitrogens with zero attached hydrogens (tertiary/aromatic N) is 2. The molecule has 4 rings (SSSR count). The Bertz CT molecular complexity index is 1540. The van der Waals surface area contributed by atoms with E-state index in [1.54, 1.807) is 36.4 Å². The molecule has 0 saturated heterocycles. The van der Waals surface area contributed by atoms with Crippen molar-refractivity contribution in [2.75, 3.05) is 13.2 Å². The Labute approximate surface area is 218 Å². The van der Waals surface area contributed by atoms with Gasteiger partial charge in [-0.2, -0.15) is 13.2 Å². The molecule has 0 fully saturated rings. The van der Waals surface area contributed by atoms with Crippen molar-refractivity contribution in [1.29, 1.82) is 0 Å². The van der Waals surface area contributed by atoms with Crippen LogP contribution in [0.25, 0.3) is 6.08 Å². The molecule has 0 spiro atoms. The number of aromatic nitrogens is 1. The number of hydrogen-bond acceptors (Lipinski definition) is 6. The number of rotatable bonds is 7. The lowest BCUT2D eigenvalue weighted by atomic mass is 9.95. The minimum absolute atomic E-state index is 0.143. The summed E-state index contributed by atoms with van der Waals surface area (Å²) in [6.07, 6.45) is -1.82. The third-order valence-corrected chi connectivity index (χ3v) is 6.56. The van der Waals surface area contributed by atoms with Gasteiger partial charge in [-0.25, -0.2) is 9.79 Å². The molecule has 1 atom stereocenters. The topological polar surface area (TPSA) is 69.9 Å². The second-order valence-corrected chi connectivity index (χ2v) is 9.23. The number of fused-ring (bicyclic) bond motifs is 1. The Morgan fingerprint density at radius 1 is 1.19 bits per heavy atom. The molecule has 2 aromatic carbocycles. The predicted octanol–water partition coefficient (Wildman–Crippen LogP) is 4.56. The zero-order chi connectivity index (χ0) is 26.7. The minimum Gasteiger partial charge on any atom is -0.490 e. The molecule has 2 heterocycles. The van der Waals surface area contributed by atoms with Crippen LogP contribution in [0.15, 0.2) is 82.2 Å². The average molecular weight is 549 g/mol. The first-order valence-corrected chi connectivity index (χ1v) is 12.2. The van der Waals surface area contributed by atoms with Crippen LogP contribution in [-0.4, -0.2) is 29.9 Å². The van der Waals surface area contributed by atoms with Gasteiger partial charge in [-0.15, -0.1) is 0 Å². The highest BCUT2D eigenvalue weighted by atomic mass is 35.5. The molecular formula is C26H20ClF3N2O4S. The molecule has 37 heavy (non-hydrogen) atoms. The summed E-state index contributed by atoms with van der Waals surface area (Å²) in [4.78, 5) is 29.9. The van der Waals surface area contributed by atoms with Crippen LogP contribution in [0.2, 0.25) is 5.02 Å². The first-order chi connectivity index (χ1) is 17.6. The quantitative estimate of drug-likeness (QED) is 0.321. The highest BCUT2D eigenvalue weighted by molar-refractivity contribution is 7.07. The lowest BCUT2D eigenvalue weighted by molar-refractivity contribution is -0.140. The van der Waals surface area contributed by atoms with E-state index in [2.05, 4.69) is 11.6 Å². The number of ether oxygens (including phenoxy) is 2. The highest BCUT2D eigenvalue weighted by Crippen LogP contribution is 2.38. The molecule has 0 aliphatic carbocycles. The van der Waals surface area contributed by atoms with Gasteiger partial charge in [-0.3, -0.25) is 9.36 Å². The van der Waals surface area contributed by atoms with Crippen molar-refractivity contribution in [3.63, 3.8) is 0 Å². The molecule has 192 valence electrons. The number of esters is 1. The maximum Gasteiger partial charge on any atom is 0.434 e.